The van der Waals surface area contributed by atoms with Crippen molar-refractivity contribution in [3.8, 4) is 5.75 Å². The zero-order valence-corrected chi connectivity index (χ0v) is 18.3. The van der Waals surface area contributed by atoms with Crippen LogP contribution >= 0.6 is 11.3 Å². The van der Waals surface area contributed by atoms with Gasteiger partial charge >= 0.3 is 0 Å². The number of aromatic nitrogens is 1. The van der Waals surface area contributed by atoms with E-state index in [4.69, 9.17) is 9.72 Å². The molecule has 3 aromatic rings. The minimum Gasteiger partial charge on any atom is -0.486 e. The van der Waals surface area contributed by atoms with Crippen LogP contribution in [0.5, 0.6) is 5.75 Å². The summed E-state index contributed by atoms with van der Waals surface area (Å²) in [6, 6.07) is 15.5. The van der Waals surface area contributed by atoms with Crippen molar-refractivity contribution >= 4 is 17.2 Å². The fourth-order valence-corrected chi connectivity index (χ4v) is 3.82. The van der Waals surface area contributed by atoms with Crippen LogP contribution in [0.1, 0.15) is 46.0 Å². The van der Waals surface area contributed by atoms with Crippen molar-refractivity contribution in [3.05, 3.63) is 81.3 Å². The van der Waals surface area contributed by atoms with E-state index in [1.54, 1.807) is 11.3 Å². The number of benzene rings is 2. The minimum atomic E-state index is 0.0421. The van der Waals surface area contributed by atoms with Crippen LogP contribution in [0.2, 0.25) is 0 Å². The molecule has 0 N–H and O–H groups in total. The zero-order chi connectivity index (χ0) is 20.8. The molecular weight excluding hydrogens is 380 g/mol. The lowest BCUT2D eigenvalue weighted by Gasteiger charge is -2.24. The number of carbonyl (C=O) groups is 1. The molecule has 0 bridgehead atoms. The predicted octanol–water partition coefficient (Wildman–Crippen LogP) is 5.64. The molecule has 5 heteroatoms. The van der Waals surface area contributed by atoms with Crippen molar-refractivity contribution in [2.45, 2.75) is 40.8 Å². The van der Waals surface area contributed by atoms with Crippen LogP contribution in [-0.2, 0) is 13.2 Å². The number of ether oxygens (including phenoxy) is 1. The molecule has 4 nitrogen and oxygen atoms in total. The van der Waals surface area contributed by atoms with Crippen LogP contribution in [0, 0.1) is 19.8 Å². The average molecular weight is 409 g/mol. The Kier molecular flexibility index (Phi) is 7.04. The Bertz CT molecular complexity index is 951. The van der Waals surface area contributed by atoms with Gasteiger partial charge in [0.05, 0.1) is 12.2 Å². The fourth-order valence-electron chi connectivity index (χ4n) is 3.13. The van der Waals surface area contributed by atoms with E-state index < -0.39 is 0 Å². The van der Waals surface area contributed by atoms with Crippen LogP contribution in [-0.4, -0.2) is 22.3 Å². The first kappa shape index (κ1) is 21.1. The normalized spacial score (nSPS) is 10.9. The highest BCUT2D eigenvalue weighted by Crippen LogP contribution is 2.23. The van der Waals surface area contributed by atoms with Gasteiger partial charge in [0.15, 0.2) is 0 Å². The highest BCUT2D eigenvalue weighted by molar-refractivity contribution is 7.09. The van der Waals surface area contributed by atoms with Crippen molar-refractivity contribution < 1.29 is 9.53 Å². The number of carbonyl (C=O) groups excluding carboxylic acids is 1. The smallest absolute Gasteiger partial charge is 0.254 e. The number of rotatable bonds is 8. The third-order valence-electron chi connectivity index (χ3n) is 4.75. The van der Waals surface area contributed by atoms with E-state index in [1.165, 1.54) is 5.56 Å². The molecule has 2 aromatic carbocycles. The molecule has 0 radical (unpaired) electrons. The van der Waals surface area contributed by atoms with Gasteiger partial charge in [-0.1, -0.05) is 44.2 Å². The maximum atomic E-state index is 12.9. The summed E-state index contributed by atoms with van der Waals surface area (Å²) in [7, 11) is 0. The quantitative estimate of drug-likeness (QED) is 0.484. The number of hydrogen-bond acceptors (Lipinski definition) is 4. The van der Waals surface area contributed by atoms with Crippen LogP contribution in [0.3, 0.4) is 0 Å². The average Bonchev–Trinajstić information content (AvgIpc) is 3.16. The number of nitrogens with zero attached hydrogens (tertiary/aromatic N) is 2. The number of thiazole rings is 1. The molecule has 0 fully saturated rings. The van der Waals surface area contributed by atoms with Gasteiger partial charge in [-0.2, -0.15) is 0 Å². The lowest BCUT2D eigenvalue weighted by atomic mass is 10.1. The molecule has 29 heavy (non-hydrogen) atoms. The topological polar surface area (TPSA) is 42.4 Å². The fraction of sp³-hybridized carbons (Fsp3) is 0.333. The van der Waals surface area contributed by atoms with Crippen molar-refractivity contribution in [2.75, 3.05) is 6.54 Å². The van der Waals surface area contributed by atoms with Gasteiger partial charge in [-0.3, -0.25) is 4.79 Å². The molecule has 3 rings (SSSR count). The molecule has 1 heterocycles. The largest absolute Gasteiger partial charge is 0.486 e. The molecule has 0 saturated heterocycles. The van der Waals surface area contributed by atoms with Gasteiger partial charge in [0.1, 0.15) is 17.4 Å². The van der Waals surface area contributed by atoms with E-state index in [2.05, 4.69) is 33.8 Å². The molecular formula is C24H28N2O2S. The minimum absolute atomic E-state index is 0.0421. The summed E-state index contributed by atoms with van der Waals surface area (Å²) < 4.78 is 5.97. The molecule has 152 valence electrons. The number of amides is 1. The van der Waals surface area contributed by atoms with E-state index in [1.807, 2.05) is 52.7 Å². The van der Waals surface area contributed by atoms with Gasteiger partial charge in [0, 0.05) is 17.5 Å². The standard InChI is InChI=1S/C24H28N2O2S/c1-17(2)13-26(24(27)20-10-6-5-7-11-20)14-21-16-29-23(25-21)15-28-22-12-8-9-18(3)19(22)4/h5-12,16-17H,13-15H2,1-4H3. The Morgan fingerprint density at radius 1 is 1.10 bits per heavy atom. The highest BCUT2D eigenvalue weighted by atomic mass is 32.1. The molecule has 0 spiro atoms. The first-order chi connectivity index (χ1) is 13.9. The summed E-state index contributed by atoms with van der Waals surface area (Å²) in [6.07, 6.45) is 0. The Morgan fingerprint density at radius 2 is 1.86 bits per heavy atom. The third-order valence-corrected chi connectivity index (χ3v) is 5.62. The summed E-state index contributed by atoms with van der Waals surface area (Å²) >= 11 is 1.57. The van der Waals surface area contributed by atoms with E-state index in [-0.39, 0.29) is 5.91 Å². The SMILES string of the molecule is Cc1cccc(OCc2nc(CN(CC(C)C)C(=O)c3ccccc3)cs2)c1C. The monoisotopic (exact) mass is 408 g/mol. The van der Waals surface area contributed by atoms with Gasteiger partial charge in [0.25, 0.3) is 5.91 Å². The van der Waals surface area contributed by atoms with Crippen LogP contribution in [0.15, 0.2) is 53.9 Å². The van der Waals surface area contributed by atoms with Crippen LogP contribution < -0.4 is 4.74 Å². The van der Waals surface area contributed by atoms with E-state index in [0.29, 0.717) is 31.2 Å². The van der Waals surface area contributed by atoms with E-state index in [0.717, 1.165) is 22.0 Å². The highest BCUT2D eigenvalue weighted by Gasteiger charge is 2.18. The summed E-state index contributed by atoms with van der Waals surface area (Å²) in [5.41, 5.74) is 3.98. The molecule has 0 saturated carbocycles. The van der Waals surface area contributed by atoms with Gasteiger partial charge in [0.2, 0.25) is 0 Å². The van der Waals surface area contributed by atoms with E-state index in [9.17, 15) is 4.79 Å². The summed E-state index contributed by atoms with van der Waals surface area (Å²) in [5, 5.41) is 2.94. The molecule has 0 atom stereocenters. The molecule has 1 aromatic heterocycles. The second kappa shape index (κ2) is 9.70. The Morgan fingerprint density at radius 3 is 2.59 bits per heavy atom. The van der Waals surface area contributed by atoms with Crippen molar-refractivity contribution in [1.29, 1.82) is 0 Å². The van der Waals surface area contributed by atoms with Crippen molar-refractivity contribution in [3.63, 3.8) is 0 Å². The molecule has 0 aliphatic carbocycles. The van der Waals surface area contributed by atoms with Gasteiger partial charge in [-0.25, -0.2) is 4.98 Å². The molecule has 1 amide bonds. The summed E-state index contributed by atoms with van der Waals surface area (Å²) in [6.45, 7) is 10.0. The third kappa shape index (κ3) is 5.67. The lowest BCUT2D eigenvalue weighted by Crippen LogP contribution is -2.33. The Balaban J connectivity index is 1.67. The Hall–Kier alpha value is -2.66. The zero-order valence-electron chi connectivity index (χ0n) is 17.5. The van der Waals surface area contributed by atoms with Gasteiger partial charge < -0.3 is 9.64 Å². The van der Waals surface area contributed by atoms with Crippen LogP contribution in [0.4, 0.5) is 0 Å². The first-order valence-corrected chi connectivity index (χ1v) is 10.8. The lowest BCUT2D eigenvalue weighted by molar-refractivity contribution is 0.0720. The van der Waals surface area contributed by atoms with E-state index >= 15 is 0 Å². The first-order valence-electron chi connectivity index (χ1n) is 9.90. The second-order valence-corrected chi connectivity index (χ2v) is 8.61. The number of hydrogen-bond donors (Lipinski definition) is 0. The maximum absolute atomic E-state index is 12.9. The maximum Gasteiger partial charge on any atom is 0.254 e. The van der Waals surface area contributed by atoms with Gasteiger partial charge in [-0.05, 0) is 49.1 Å². The van der Waals surface area contributed by atoms with Crippen molar-refractivity contribution in [2.24, 2.45) is 5.92 Å². The number of aryl methyl sites for hydroxylation is 1. The molecule has 0 unspecified atom stereocenters. The van der Waals surface area contributed by atoms with Crippen molar-refractivity contribution in [1.82, 2.24) is 9.88 Å². The van der Waals surface area contributed by atoms with Crippen LogP contribution in [0.25, 0.3) is 0 Å². The van der Waals surface area contributed by atoms with Gasteiger partial charge in [-0.15, -0.1) is 11.3 Å². The predicted molar refractivity (Wildman–Crippen MR) is 118 cm³/mol. The second-order valence-electron chi connectivity index (χ2n) is 7.66. The summed E-state index contributed by atoms with van der Waals surface area (Å²) in [5.74, 6) is 1.32. The molecule has 0 aliphatic heterocycles. The molecule has 0 aliphatic rings. The summed E-state index contributed by atoms with van der Waals surface area (Å²) in [4.78, 5) is 19.5. The Labute approximate surface area is 177 Å².